The van der Waals surface area contributed by atoms with Gasteiger partial charge < -0.3 is 14.5 Å². The summed E-state index contributed by atoms with van der Waals surface area (Å²) in [4.78, 5) is 12.2. The molecular formula is C21H22N2O5S. The van der Waals surface area contributed by atoms with Crippen molar-refractivity contribution in [3.05, 3.63) is 78.3 Å². The second-order valence-electron chi connectivity index (χ2n) is 6.39. The third-order valence-corrected chi connectivity index (χ3v) is 5.43. The van der Waals surface area contributed by atoms with Crippen molar-refractivity contribution in [3.8, 4) is 5.75 Å². The van der Waals surface area contributed by atoms with Gasteiger partial charge in [-0.3, -0.25) is 4.79 Å². The highest BCUT2D eigenvalue weighted by atomic mass is 32.2. The molecule has 0 aliphatic carbocycles. The summed E-state index contributed by atoms with van der Waals surface area (Å²) >= 11 is 0. The molecule has 0 saturated heterocycles. The van der Waals surface area contributed by atoms with Crippen LogP contribution in [-0.2, 0) is 21.4 Å². The first-order valence-corrected chi connectivity index (χ1v) is 10.5. The Bertz CT molecular complexity index is 1060. The zero-order valence-electron chi connectivity index (χ0n) is 15.9. The second kappa shape index (κ2) is 9.40. The topological polar surface area (TPSA) is 97.6 Å². The van der Waals surface area contributed by atoms with Gasteiger partial charge in [0.2, 0.25) is 15.9 Å². The maximum atomic E-state index is 12.4. The molecule has 2 N–H and O–H groups in total. The summed E-state index contributed by atoms with van der Waals surface area (Å²) in [5.74, 6) is 0.941. The van der Waals surface area contributed by atoms with E-state index in [1.165, 1.54) is 18.4 Å². The van der Waals surface area contributed by atoms with E-state index in [0.717, 1.165) is 5.56 Å². The predicted molar refractivity (Wildman–Crippen MR) is 109 cm³/mol. The summed E-state index contributed by atoms with van der Waals surface area (Å²) in [7, 11) is -3.74. The summed E-state index contributed by atoms with van der Waals surface area (Å²) in [5, 5.41) is 2.69. The van der Waals surface area contributed by atoms with Gasteiger partial charge in [-0.15, -0.1) is 0 Å². The van der Waals surface area contributed by atoms with Gasteiger partial charge in [0.1, 0.15) is 11.5 Å². The van der Waals surface area contributed by atoms with Gasteiger partial charge in [0, 0.05) is 5.69 Å². The SMILES string of the molecule is Cc1cccc(OCCC(=O)Nc2cccc(S(=O)(=O)NCc3ccco3)c2)c1. The third-order valence-electron chi connectivity index (χ3n) is 4.03. The molecule has 0 bridgehead atoms. The van der Waals surface area contributed by atoms with Crippen LogP contribution in [0.5, 0.6) is 5.75 Å². The lowest BCUT2D eigenvalue weighted by Gasteiger charge is -2.10. The number of sulfonamides is 1. The van der Waals surface area contributed by atoms with E-state index in [4.69, 9.17) is 9.15 Å². The van der Waals surface area contributed by atoms with Gasteiger partial charge in [-0.05, 0) is 55.0 Å². The first kappa shape index (κ1) is 20.6. The minimum atomic E-state index is -3.74. The molecule has 1 amide bonds. The maximum absolute atomic E-state index is 12.4. The fraction of sp³-hybridized carbons (Fsp3) is 0.190. The van der Waals surface area contributed by atoms with Crippen LogP contribution < -0.4 is 14.8 Å². The van der Waals surface area contributed by atoms with Crippen LogP contribution in [-0.4, -0.2) is 20.9 Å². The monoisotopic (exact) mass is 414 g/mol. The first-order chi connectivity index (χ1) is 13.9. The predicted octanol–water partition coefficient (Wildman–Crippen LogP) is 3.47. The maximum Gasteiger partial charge on any atom is 0.241 e. The fourth-order valence-electron chi connectivity index (χ4n) is 2.59. The Kier molecular flexibility index (Phi) is 6.69. The Balaban J connectivity index is 1.53. The number of anilines is 1. The molecule has 3 aromatic rings. The van der Waals surface area contributed by atoms with Crippen LogP contribution in [0, 0.1) is 6.92 Å². The minimum absolute atomic E-state index is 0.0439. The van der Waals surface area contributed by atoms with Crippen molar-refractivity contribution in [2.45, 2.75) is 24.8 Å². The van der Waals surface area contributed by atoms with Gasteiger partial charge in [-0.2, -0.15) is 0 Å². The third kappa shape index (κ3) is 6.20. The molecule has 8 heteroatoms. The minimum Gasteiger partial charge on any atom is -0.493 e. The molecule has 0 spiro atoms. The van der Waals surface area contributed by atoms with Crippen molar-refractivity contribution in [1.29, 1.82) is 0 Å². The van der Waals surface area contributed by atoms with Crippen LogP contribution in [0.4, 0.5) is 5.69 Å². The molecule has 0 saturated carbocycles. The molecule has 7 nitrogen and oxygen atoms in total. The summed E-state index contributed by atoms with van der Waals surface area (Å²) < 4.78 is 38.0. The number of ether oxygens (including phenoxy) is 1. The van der Waals surface area contributed by atoms with E-state index in [-0.39, 0.29) is 30.4 Å². The molecule has 1 heterocycles. The number of furan rings is 1. The Labute approximate surface area is 169 Å². The highest BCUT2D eigenvalue weighted by molar-refractivity contribution is 7.89. The number of hydrogen-bond donors (Lipinski definition) is 2. The van der Waals surface area contributed by atoms with Crippen LogP contribution in [0.1, 0.15) is 17.7 Å². The highest BCUT2D eigenvalue weighted by Gasteiger charge is 2.15. The molecule has 2 aromatic carbocycles. The quantitative estimate of drug-likeness (QED) is 0.559. The molecule has 0 unspecified atom stereocenters. The van der Waals surface area contributed by atoms with Gasteiger partial charge in [0.25, 0.3) is 0 Å². The molecule has 0 aliphatic heterocycles. The lowest BCUT2D eigenvalue weighted by atomic mass is 10.2. The van der Waals surface area contributed by atoms with Gasteiger partial charge in [0.15, 0.2) is 0 Å². The van der Waals surface area contributed by atoms with Gasteiger partial charge in [-0.1, -0.05) is 18.2 Å². The van der Waals surface area contributed by atoms with E-state index in [0.29, 0.717) is 17.2 Å². The van der Waals surface area contributed by atoms with Crippen molar-refractivity contribution in [2.24, 2.45) is 0 Å². The van der Waals surface area contributed by atoms with Gasteiger partial charge >= 0.3 is 0 Å². The summed E-state index contributed by atoms with van der Waals surface area (Å²) in [6.45, 7) is 2.23. The van der Waals surface area contributed by atoms with Crippen molar-refractivity contribution in [2.75, 3.05) is 11.9 Å². The van der Waals surface area contributed by atoms with Gasteiger partial charge in [-0.25, -0.2) is 13.1 Å². The molecule has 0 radical (unpaired) electrons. The van der Waals surface area contributed by atoms with Crippen LogP contribution in [0.3, 0.4) is 0 Å². The van der Waals surface area contributed by atoms with Crippen molar-refractivity contribution >= 4 is 21.6 Å². The molecular weight excluding hydrogens is 392 g/mol. The summed E-state index contributed by atoms with van der Waals surface area (Å²) in [6, 6.07) is 17.0. The van der Waals surface area contributed by atoms with Crippen molar-refractivity contribution in [1.82, 2.24) is 4.72 Å². The zero-order chi connectivity index (χ0) is 20.7. The molecule has 0 aliphatic rings. The normalized spacial score (nSPS) is 11.2. The molecule has 3 rings (SSSR count). The van der Waals surface area contributed by atoms with E-state index >= 15 is 0 Å². The molecule has 0 atom stereocenters. The Hall–Kier alpha value is -3.10. The van der Waals surface area contributed by atoms with Crippen LogP contribution in [0.2, 0.25) is 0 Å². The average Bonchev–Trinajstić information content (AvgIpc) is 3.20. The zero-order valence-corrected chi connectivity index (χ0v) is 16.7. The van der Waals surface area contributed by atoms with E-state index < -0.39 is 10.0 Å². The molecule has 1 aromatic heterocycles. The Morgan fingerprint density at radius 1 is 1.07 bits per heavy atom. The Morgan fingerprint density at radius 2 is 1.90 bits per heavy atom. The van der Waals surface area contributed by atoms with E-state index in [2.05, 4.69) is 10.0 Å². The number of nitrogens with one attached hydrogen (secondary N) is 2. The lowest BCUT2D eigenvalue weighted by Crippen LogP contribution is -2.23. The van der Waals surface area contributed by atoms with E-state index in [1.807, 2.05) is 31.2 Å². The smallest absolute Gasteiger partial charge is 0.241 e. The van der Waals surface area contributed by atoms with Crippen LogP contribution in [0.15, 0.2) is 76.2 Å². The number of carbonyl (C=O) groups is 1. The number of aryl methyl sites for hydroxylation is 1. The largest absolute Gasteiger partial charge is 0.493 e. The number of carbonyl (C=O) groups excluding carboxylic acids is 1. The van der Waals surface area contributed by atoms with Gasteiger partial charge in [0.05, 0.1) is 30.7 Å². The van der Waals surface area contributed by atoms with Crippen LogP contribution in [0.25, 0.3) is 0 Å². The Morgan fingerprint density at radius 3 is 2.66 bits per heavy atom. The number of amides is 1. The van der Waals surface area contributed by atoms with E-state index in [1.54, 1.807) is 24.3 Å². The fourth-order valence-corrected chi connectivity index (χ4v) is 3.63. The average molecular weight is 414 g/mol. The van der Waals surface area contributed by atoms with Crippen LogP contribution >= 0.6 is 0 Å². The standard InChI is InChI=1S/C21H22N2O5S/c1-16-5-2-7-18(13-16)28-12-10-21(24)23-17-6-3-9-20(14-17)29(25,26)22-15-19-8-4-11-27-19/h2-9,11,13-14,22H,10,12,15H2,1H3,(H,23,24). The summed E-state index contributed by atoms with van der Waals surface area (Å²) in [6.07, 6.45) is 1.62. The molecule has 152 valence electrons. The highest BCUT2D eigenvalue weighted by Crippen LogP contribution is 2.17. The van der Waals surface area contributed by atoms with Crippen molar-refractivity contribution < 1.29 is 22.4 Å². The number of rotatable bonds is 9. The number of benzene rings is 2. The number of hydrogen-bond acceptors (Lipinski definition) is 5. The first-order valence-electron chi connectivity index (χ1n) is 9.04. The molecule has 29 heavy (non-hydrogen) atoms. The lowest BCUT2D eigenvalue weighted by molar-refractivity contribution is -0.116. The van der Waals surface area contributed by atoms with E-state index in [9.17, 15) is 13.2 Å². The second-order valence-corrected chi connectivity index (χ2v) is 8.16. The summed E-state index contributed by atoms with van der Waals surface area (Å²) in [5.41, 5.74) is 1.47. The molecule has 0 fully saturated rings. The van der Waals surface area contributed by atoms with Crippen molar-refractivity contribution in [3.63, 3.8) is 0 Å².